The van der Waals surface area contributed by atoms with Gasteiger partial charge in [-0.3, -0.25) is 0 Å². The van der Waals surface area contributed by atoms with Crippen LogP contribution in [0.15, 0.2) is 24.3 Å². The number of aromatic nitrogens is 3. The maximum Gasteiger partial charge on any atom is 0.169 e. The van der Waals surface area contributed by atoms with Gasteiger partial charge in [0.2, 0.25) is 0 Å². The molecule has 0 aliphatic heterocycles. The summed E-state index contributed by atoms with van der Waals surface area (Å²) >= 11 is 0. The number of hydrogen-bond donors (Lipinski definition) is 1. The van der Waals surface area contributed by atoms with Crippen molar-refractivity contribution in [3.05, 3.63) is 35.5 Å². The number of para-hydroxylation sites is 1. The highest BCUT2D eigenvalue weighted by Gasteiger charge is 2.09. The molecule has 2 aromatic rings. The normalized spacial score (nSPS) is 10.6. The highest BCUT2D eigenvalue weighted by Crippen LogP contribution is 2.18. The minimum absolute atomic E-state index is 0.492. The summed E-state index contributed by atoms with van der Waals surface area (Å²) in [7, 11) is 0. The largest absolute Gasteiger partial charge is 0.381 e. The molecule has 0 saturated heterocycles. The van der Waals surface area contributed by atoms with Gasteiger partial charge in [-0.15, -0.1) is 5.10 Å². The number of aryl methyl sites for hydroxylation is 1. The molecule has 0 fully saturated rings. The van der Waals surface area contributed by atoms with Crippen LogP contribution in [0.25, 0.3) is 5.69 Å². The number of benzene rings is 1. The molecular formula is C12H16N4. The minimum Gasteiger partial charge on any atom is -0.381 e. The van der Waals surface area contributed by atoms with Crippen molar-refractivity contribution in [2.24, 2.45) is 0 Å². The van der Waals surface area contributed by atoms with Crippen molar-refractivity contribution in [3.8, 4) is 5.69 Å². The molecule has 0 aliphatic carbocycles. The van der Waals surface area contributed by atoms with Crippen LogP contribution in [0.2, 0.25) is 0 Å². The average molecular weight is 216 g/mol. The third-order valence-corrected chi connectivity index (χ3v) is 2.67. The van der Waals surface area contributed by atoms with E-state index in [-0.39, 0.29) is 0 Å². The Labute approximate surface area is 95.1 Å². The van der Waals surface area contributed by atoms with Crippen molar-refractivity contribution < 1.29 is 0 Å². The van der Waals surface area contributed by atoms with Crippen molar-refractivity contribution in [1.82, 2.24) is 15.0 Å². The number of anilines is 1. The molecule has 4 nitrogen and oxygen atoms in total. The number of hydrogen-bond acceptors (Lipinski definition) is 3. The molecule has 1 aromatic heterocycles. The zero-order chi connectivity index (χ0) is 11.5. The van der Waals surface area contributed by atoms with E-state index in [0.29, 0.717) is 5.82 Å². The molecule has 84 valence electrons. The van der Waals surface area contributed by atoms with Crippen molar-refractivity contribution in [1.29, 1.82) is 0 Å². The highest BCUT2D eigenvalue weighted by atomic mass is 15.4. The summed E-state index contributed by atoms with van der Waals surface area (Å²) in [5.41, 5.74) is 8.95. The predicted molar refractivity (Wildman–Crippen MR) is 64.5 cm³/mol. The minimum atomic E-state index is 0.492. The van der Waals surface area contributed by atoms with Crippen molar-refractivity contribution >= 4 is 5.82 Å². The lowest BCUT2D eigenvalue weighted by Crippen LogP contribution is -2.03. The fourth-order valence-corrected chi connectivity index (χ4v) is 1.77. The maximum atomic E-state index is 5.71. The second-order valence-corrected chi connectivity index (χ2v) is 3.85. The van der Waals surface area contributed by atoms with Gasteiger partial charge in [-0.25, -0.2) is 4.68 Å². The average Bonchev–Trinajstić information content (AvgIpc) is 2.61. The van der Waals surface area contributed by atoms with Gasteiger partial charge in [0, 0.05) is 0 Å². The van der Waals surface area contributed by atoms with Crippen LogP contribution in [-0.2, 0) is 6.42 Å². The molecule has 1 heterocycles. The van der Waals surface area contributed by atoms with Gasteiger partial charge in [-0.05, 0) is 25.0 Å². The topological polar surface area (TPSA) is 56.7 Å². The SMILES string of the molecule is CCCc1ccccc1-n1nnc(N)c1C. The first-order valence-electron chi connectivity index (χ1n) is 5.50. The summed E-state index contributed by atoms with van der Waals surface area (Å²) in [4.78, 5) is 0. The Kier molecular flexibility index (Phi) is 2.90. The molecule has 0 amide bonds. The summed E-state index contributed by atoms with van der Waals surface area (Å²) in [6.07, 6.45) is 2.15. The van der Waals surface area contributed by atoms with Gasteiger partial charge in [0.15, 0.2) is 5.82 Å². The molecule has 0 unspecified atom stereocenters. The van der Waals surface area contributed by atoms with Crippen molar-refractivity contribution in [2.75, 3.05) is 5.73 Å². The fourth-order valence-electron chi connectivity index (χ4n) is 1.77. The van der Waals surface area contributed by atoms with Gasteiger partial charge >= 0.3 is 0 Å². The maximum absolute atomic E-state index is 5.71. The molecule has 0 spiro atoms. The van der Waals surface area contributed by atoms with Gasteiger partial charge in [-0.1, -0.05) is 36.8 Å². The first kappa shape index (κ1) is 10.7. The van der Waals surface area contributed by atoms with Gasteiger partial charge in [0.1, 0.15) is 0 Å². The fraction of sp³-hybridized carbons (Fsp3) is 0.333. The first-order chi connectivity index (χ1) is 7.74. The van der Waals surface area contributed by atoms with E-state index in [4.69, 9.17) is 5.73 Å². The van der Waals surface area contributed by atoms with E-state index in [2.05, 4.69) is 23.3 Å². The molecular weight excluding hydrogens is 200 g/mol. The Morgan fingerprint density at radius 1 is 1.31 bits per heavy atom. The van der Waals surface area contributed by atoms with E-state index >= 15 is 0 Å². The van der Waals surface area contributed by atoms with Crippen LogP contribution >= 0.6 is 0 Å². The van der Waals surface area contributed by atoms with Crippen LogP contribution in [0.3, 0.4) is 0 Å². The van der Waals surface area contributed by atoms with E-state index < -0.39 is 0 Å². The van der Waals surface area contributed by atoms with Crippen LogP contribution in [0.4, 0.5) is 5.82 Å². The number of rotatable bonds is 3. The second-order valence-electron chi connectivity index (χ2n) is 3.85. The smallest absolute Gasteiger partial charge is 0.169 e. The van der Waals surface area contributed by atoms with Crippen LogP contribution < -0.4 is 5.73 Å². The molecule has 2 rings (SSSR count). The summed E-state index contributed by atoms with van der Waals surface area (Å²) in [5.74, 6) is 0.492. The second kappa shape index (κ2) is 4.35. The van der Waals surface area contributed by atoms with Gasteiger partial charge < -0.3 is 5.73 Å². The van der Waals surface area contributed by atoms with Crippen molar-refractivity contribution in [2.45, 2.75) is 26.7 Å². The number of nitrogens with zero attached hydrogens (tertiary/aromatic N) is 3. The third-order valence-electron chi connectivity index (χ3n) is 2.67. The monoisotopic (exact) mass is 216 g/mol. The Bertz CT molecular complexity index is 488. The zero-order valence-electron chi connectivity index (χ0n) is 9.64. The molecule has 0 aliphatic rings. The van der Waals surface area contributed by atoms with Gasteiger partial charge in [0.05, 0.1) is 11.4 Å². The number of nitrogen functional groups attached to an aromatic ring is 1. The van der Waals surface area contributed by atoms with Crippen molar-refractivity contribution in [3.63, 3.8) is 0 Å². The van der Waals surface area contributed by atoms with E-state index in [9.17, 15) is 0 Å². The number of nitrogens with two attached hydrogens (primary N) is 1. The lowest BCUT2D eigenvalue weighted by atomic mass is 10.1. The van der Waals surface area contributed by atoms with E-state index in [0.717, 1.165) is 24.2 Å². The van der Waals surface area contributed by atoms with Gasteiger partial charge in [0.25, 0.3) is 0 Å². The van der Waals surface area contributed by atoms with Crippen LogP contribution in [-0.4, -0.2) is 15.0 Å². The molecule has 16 heavy (non-hydrogen) atoms. The lowest BCUT2D eigenvalue weighted by Gasteiger charge is -2.09. The van der Waals surface area contributed by atoms with E-state index in [1.54, 1.807) is 4.68 Å². The summed E-state index contributed by atoms with van der Waals surface area (Å²) < 4.78 is 1.81. The standard InChI is InChI=1S/C12H16N4/c1-3-6-10-7-4-5-8-11(10)16-9(2)12(13)14-15-16/h4-5,7-8H,3,6,13H2,1-2H3. The van der Waals surface area contributed by atoms with Gasteiger partial charge in [-0.2, -0.15) is 0 Å². The molecule has 2 N–H and O–H groups in total. The molecule has 4 heteroatoms. The molecule has 0 atom stereocenters. The van der Waals surface area contributed by atoms with Crippen LogP contribution in [0.1, 0.15) is 24.6 Å². The Morgan fingerprint density at radius 3 is 2.69 bits per heavy atom. The van der Waals surface area contributed by atoms with E-state index in [1.807, 2.05) is 25.1 Å². The molecule has 1 aromatic carbocycles. The quantitative estimate of drug-likeness (QED) is 0.854. The molecule has 0 radical (unpaired) electrons. The van der Waals surface area contributed by atoms with Crippen LogP contribution in [0, 0.1) is 6.92 Å². The first-order valence-corrected chi connectivity index (χ1v) is 5.50. The van der Waals surface area contributed by atoms with E-state index in [1.165, 1.54) is 5.56 Å². The Balaban J connectivity index is 2.51. The third kappa shape index (κ3) is 1.78. The van der Waals surface area contributed by atoms with Crippen LogP contribution in [0.5, 0.6) is 0 Å². The highest BCUT2D eigenvalue weighted by molar-refractivity contribution is 5.45. The lowest BCUT2D eigenvalue weighted by molar-refractivity contribution is 0.769. The summed E-state index contributed by atoms with van der Waals surface area (Å²) in [6.45, 7) is 4.09. The molecule has 0 bridgehead atoms. The molecule has 0 saturated carbocycles. The Hall–Kier alpha value is -1.84. The summed E-state index contributed by atoms with van der Waals surface area (Å²) in [6, 6.07) is 8.22. The zero-order valence-corrected chi connectivity index (χ0v) is 9.64. The summed E-state index contributed by atoms with van der Waals surface area (Å²) in [5, 5.41) is 7.95. The predicted octanol–water partition coefficient (Wildman–Crippen LogP) is 2.11. The Morgan fingerprint density at radius 2 is 2.06 bits per heavy atom.